The van der Waals surface area contributed by atoms with Crippen LogP contribution in [-0.4, -0.2) is 4.98 Å². The quantitative estimate of drug-likeness (QED) is 0.481. The maximum atomic E-state index is 4.81. The number of para-hydroxylation sites is 1. The molecule has 0 bridgehead atoms. The van der Waals surface area contributed by atoms with Crippen LogP contribution in [-0.2, 0) is 6.42 Å². The number of fused-ring (bicyclic) bond motifs is 5. The number of hydrogen-bond acceptors (Lipinski definition) is 2. The van der Waals surface area contributed by atoms with Gasteiger partial charge in [-0.2, -0.15) is 0 Å². The highest BCUT2D eigenvalue weighted by molar-refractivity contribution is 5.78. The molecular formula is C19H12N2. The lowest BCUT2D eigenvalue weighted by Gasteiger charge is -2.06. The summed E-state index contributed by atoms with van der Waals surface area (Å²) in [6.07, 6.45) is 3.13. The van der Waals surface area contributed by atoms with Crippen molar-refractivity contribution in [3.63, 3.8) is 0 Å². The van der Waals surface area contributed by atoms with Gasteiger partial charge in [0.1, 0.15) is 0 Å². The number of pyridine rings is 1. The smallest absolute Gasteiger partial charge is 0.160 e. The Morgan fingerprint density at radius 1 is 0.810 bits per heavy atom. The summed E-state index contributed by atoms with van der Waals surface area (Å²) in [5.74, 6) is 0. The minimum Gasteiger partial charge on any atom is -0.232 e. The van der Waals surface area contributed by atoms with Gasteiger partial charge in [-0.05, 0) is 22.6 Å². The number of rotatable bonds is 0. The topological polar surface area (TPSA) is 25.2 Å². The van der Waals surface area contributed by atoms with Gasteiger partial charge in [0.2, 0.25) is 0 Å². The van der Waals surface area contributed by atoms with E-state index < -0.39 is 0 Å². The lowest BCUT2D eigenvalue weighted by atomic mass is 10.0. The van der Waals surface area contributed by atoms with E-state index in [1.165, 1.54) is 21.2 Å². The molecule has 1 aliphatic carbocycles. The van der Waals surface area contributed by atoms with Crippen LogP contribution < -0.4 is 10.7 Å². The van der Waals surface area contributed by atoms with Crippen molar-refractivity contribution in [2.24, 2.45) is 4.99 Å². The second-order valence-corrected chi connectivity index (χ2v) is 5.48. The van der Waals surface area contributed by atoms with Crippen LogP contribution in [0.15, 0.2) is 59.6 Å². The van der Waals surface area contributed by atoms with Gasteiger partial charge in [0, 0.05) is 22.8 Å². The van der Waals surface area contributed by atoms with E-state index >= 15 is 0 Å². The Morgan fingerprint density at radius 2 is 1.67 bits per heavy atom. The minimum atomic E-state index is 0.864. The van der Waals surface area contributed by atoms with Gasteiger partial charge >= 0.3 is 0 Å². The Kier molecular flexibility index (Phi) is 2.03. The third-order valence-corrected chi connectivity index (χ3v) is 4.27. The zero-order valence-corrected chi connectivity index (χ0v) is 11.4. The van der Waals surface area contributed by atoms with Gasteiger partial charge < -0.3 is 0 Å². The molecular weight excluding hydrogens is 256 g/mol. The van der Waals surface area contributed by atoms with E-state index in [0.717, 1.165) is 28.9 Å². The third-order valence-electron chi connectivity index (χ3n) is 4.27. The molecule has 2 heteroatoms. The number of aromatic nitrogens is 1. The van der Waals surface area contributed by atoms with E-state index in [0.29, 0.717) is 0 Å². The summed E-state index contributed by atoms with van der Waals surface area (Å²) < 4.78 is 0. The minimum absolute atomic E-state index is 0.864. The Labute approximate surface area is 121 Å². The molecule has 1 aromatic heterocycles. The lowest BCUT2D eigenvalue weighted by Crippen LogP contribution is -2.16. The zero-order valence-electron chi connectivity index (χ0n) is 11.4. The van der Waals surface area contributed by atoms with E-state index in [9.17, 15) is 0 Å². The highest BCUT2D eigenvalue weighted by Crippen LogP contribution is 2.31. The van der Waals surface area contributed by atoms with Crippen LogP contribution in [0, 0.1) is 10.4 Å². The molecule has 2 nitrogen and oxygen atoms in total. The summed E-state index contributed by atoms with van der Waals surface area (Å²) in [5, 5.41) is 3.83. The van der Waals surface area contributed by atoms with Crippen molar-refractivity contribution in [2.45, 2.75) is 6.42 Å². The van der Waals surface area contributed by atoms with Gasteiger partial charge in [-0.15, -0.1) is 0 Å². The molecule has 0 saturated heterocycles. The molecule has 0 unspecified atom stereocenters. The first kappa shape index (κ1) is 11.0. The van der Waals surface area contributed by atoms with Crippen LogP contribution in [0.25, 0.3) is 17.2 Å². The maximum Gasteiger partial charge on any atom is 0.160 e. The molecule has 0 amide bonds. The average Bonchev–Trinajstić information content (AvgIpc) is 2.90. The summed E-state index contributed by atoms with van der Waals surface area (Å²) in [6.45, 7) is 0. The molecule has 98 valence electrons. The van der Waals surface area contributed by atoms with Crippen LogP contribution in [0.5, 0.6) is 0 Å². The van der Waals surface area contributed by atoms with Crippen molar-refractivity contribution >= 4 is 11.8 Å². The van der Waals surface area contributed by atoms with Crippen molar-refractivity contribution in [2.75, 3.05) is 0 Å². The molecule has 3 aromatic rings. The van der Waals surface area contributed by atoms with Gasteiger partial charge in [-0.1, -0.05) is 48.5 Å². The standard InChI is InChI=1S/C19H12N2/c1-2-6-13-12(5-1)9-10-18-15(13)11-16-14-7-3-4-8-17(14)20-19(16)21-18/h1-9,11H,10H2. The van der Waals surface area contributed by atoms with Crippen LogP contribution >= 0.6 is 0 Å². The van der Waals surface area contributed by atoms with Gasteiger partial charge in [-0.25, -0.2) is 9.98 Å². The van der Waals surface area contributed by atoms with Crippen molar-refractivity contribution in [3.05, 3.63) is 81.4 Å². The second-order valence-electron chi connectivity index (χ2n) is 5.48. The zero-order chi connectivity index (χ0) is 13.8. The molecule has 0 spiro atoms. The summed E-state index contributed by atoms with van der Waals surface area (Å²) in [6, 6.07) is 19.1. The molecule has 21 heavy (non-hydrogen) atoms. The van der Waals surface area contributed by atoms with E-state index in [1.807, 2.05) is 6.07 Å². The van der Waals surface area contributed by atoms with E-state index in [-0.39, 0.29) is 0 Å². The van der Waals surface area contributed by atoms with Crippen molar-refractivity contribution < 1.29 is 0 Å². The first-order chi connectivity index (χ1) is 10.4. The summed E-state index contributed by atoms with van der Waals surface area (Å²) >= 11 is 0. The van der Waals surface area contributed by atoms with E-state index in [4.69, 9.17) is 4.98 Å². The fraction of sp³-hybridized carbons (Fsp3) is 0.0526. The Bertz CT molecular complexity index is 1110. The predicted molar refractivity (Wildman–Crippen MR) is 82.4 cm³/mol. The Balaban J connectivity index is 1.99. The predicted octanol–water partition coefficient (Wildman–Crippen LogP) is 2.64. The van der Waals surface area contributed by atoms with E-state index in [1.54, 1.807) is 0 Å². The monoisotopic (exact) mass is 268 g/mol. The van der Waals surface area contributed by atoms with Crippen molar-refractivity contribution in [3.8, 4) is 11.1 Å². The molecule has 0 fully saturated rings. The lowest BCUT2D eigenvalue weighted by molar-refractivity contribution is 1.04. The second kappa shape index (κ2) is 3.89. The fourth-order valence-electron chi connectivity index (χ4n) is 3.25. The van der Waals surface area contributed by atoms with Crippen molar-refractivity contribution in [1.29, 1.82) is 0 Å². The van der Waals surface area contributed by atoms with Crippen LogP contribution in [0.4, 0.5) is 5.69 Å². The van der Waals surface area contributed by atoms with Gasteiger partial charge in [-0.3, -0.25) is 0 Å². The number of hydrogen-bond donors (Lipinski definition) is 0. The fourth-order valence-corrected chi connectivity index (χ4v) is 3.25. The number of nitrogens with zero attached hydrogens (tertiary/aromatic N) is 2. The van der Waals surface area contributed by atoms with Gasteiger partial charge in [0.15, 0.2) is 5.49 Å². The molecule has 2 heterocycles. The normalized spacial score (nSPS) is 13.3. The summed E-state index contributed by atoms with van der Waals surface area (Å²) in [4.78, 5) is 9.46. The summed E-state index contributed by atoms with van der Waals surface area (Å²) in [7, 11) is 0. The van der Waals surface area contributed by atoms with Crippen molar-refractivity contribution in [1.82, 2.24) is 4.98 Å². The first-order valence-electron chi connectivity index (χ1n) is 7.18. The molecule has 5 rings (SSSR count). The van der Waals surface area contributed by atoms with Crippen LogP contribution in [0.3, 0.4) is 0 Å². The van der Waals surface area contributed by atoms with Crippen LogP contribution in [0.2, 0.25) is 0 Å². The highest BCUT2D eigenvalue weighted by atomic mass is 14.9. The average molecular weight is 268 g/mol. The third kappa shape index (κ3) is 1.47. The van der Waals surface area contributed by atoms with E-state index in [2.05, 4.69) is 59.6 Å². The Morgan fingerprint density at radius 3 is 2.67 bits per heavy atom. The molecule has 1 aliphatic heterocycles. The molecule has 0 saturated carbocycles. The number of benzene rings is 2. The van der Waals surface area contributed by atoms with Gasteiger partial charge in [0.05, 0.1) is 11.4 Å². The Hall–Kier alpha value is -2.74. The molecule has 0 radical (unpaired) electrons. The van der Waals surface area contributed by atoms with Crippen LogP contribution in [0.1, 0.15) is 5.69 Å². The molecule has 0 atom stereocenters. The first-order valence-corrected chi connectivity index (χ1v) is 7.18. The summed E-state index contributed by atoms with van der Waals surface area (Å²) in [5.41, 5.74) is 5.36. The maximum absolute atomic E-state index is 4.81. The molecule has 2 aromatic carbocycles. The molecule has 2 aliphatic rings. The SMILES string of the molecule is C1=c2ccccc2=c2cc3c(nc2C1)=Nc1ccccc1-3. The highest BCUT2D eigenvalue weighted by Gasteiger charge is 2.16. The largest absolute Gasteiger partial charge is 0.232 e. The van der Waals surface area contributed by atoms with Gasteiger partial charge in [0.25, 0.3) is 0 Å². The molecule has 0 N–H and O–H groups in total.